The molecule has 1 heterocycles. The average Bonchev–Trinajstić information content (AvgIpc) is 3.47. The van der Waals surface area contributed by atoms with Gasteiger partial charge in [-0.05, 0) is 62.4 Å². The van der Waals surface area contributed by atoms with E-state index in [1.165, 1.54) is 18.4 Å². The van der Waals surface area contributed by atoms with Gasteiger partial charge in [-0.25, -0.2) is 4.79 Å². The summed E-state index contributed by atoms with van der Waals surface area (Å²) in [6.45, 7) is 4.81. The van der Waals surface area contributed by atoms with E-state index in [0.29, 0.717) is 18.8 Å². The number of hydrogen-bond donors (Lipinski definition) is 2. The van der Waals surface area contributed by atoms with E-state index in [-0.39, 0.29) is 18.7 Å². The van der Waals surface area contributed by atoms with Gasteiger partial charge in [0.05, 0.1) is 19.8 Å². The third-order valence-corrected chi connectivity index (χ3v) is 6.98. The molecule has 1 aliphatic carbocycles. The number of methoxy groups -OCH3 is 1. The smallest absolute Gasteiger partial charge is 0.321 e. The van der Waals surface area contributed by atoms with E-state index in [1.54, 1.807) is 13.2 Å². The number of piperazine rings is 1. The van der Waals surface area contributed by atoms with Crippen molar-refractivity contribution in [2.24, 2.45) is 0 Å². The quantitative estimate of drug-likeness (QED) is 0.429. The van der Waals surface area contributed by atoms with Gasteiger partial charge in [-0.2, -0.15) is 0 Å². The van der Waals surface area contributed by atoms with Crippen LogP contribution in [0.25, 0.3) is 0 Å². The Kier molecular flexibility index (Phi) is 9.87. The molecule has 1 aliphatic heterocycles. The highest BCUT2D eigenvalue weighted by molar-refractivity contribution is 5.89. The highest BCUT2D eigenvalue weighted by atomic mass is 16.5. The minimum Gasteiger partial charge on any atom is -0.493 e. The molecule has 2 N–H and O–H groups in total. The monoisotopic (exact) mass is 517 g/mol. The van der Waals surface area contributed by atoms with Gasteiger partial charge in [-0.15, -0.1) is 0 Å². The van der Waals surface area contributed by atoms with E-state index < -0.39 is 0 Å². The van der Waals surface area contributed by atoms with Crippen LogP contribution in [0.4, 0.5) is 16.2 Å². The summed E-state index contributed by atoms with van der Waals surface area (Å²) < 4.78 is 11.7. The Morgan fingerprint density at radius 2 is 1.66 bits per heavy atom. The number of carbonyl (C=O) groups excluding carboxylic acids is 1. The zero-order valence-electron chi connectivity index (χ0n) is 22.4. The number of carbonyl (C=O) groups is 1. The molecule has 2 aliphatic rings. The van der Waals surface area contributed by atoms with E-state index >= 15 is 0 Å². The Balaban J connectivity index is 0.000000417. The van der Waals surface area contributed by atoms with Crippen LogP contribution in [0.2, 0.25) is 0 Å². The van der Waals surface area contributed by atoms with Gasteiger partial charge in [0.2, 0.25) is 0 Å². The number of benzene rings is 3. The topological polar surface area (TPSA) is 74.3 Å². The molecule has 7 nitrogen and oxygen atoms in total. The number of hydrogen-bond acceptors (Lipinski definition) is 5. The molecule has 0 radical (unpaired) electrons. The maximum atomic E-state index is 12.6. The molecule has 1 saturated heterocycles. The minimum atomic E-state index is -0.116. The molecule has 3 aromatic rings. The first kappa shape index (κ1) is 27.3. The maximum absolute atomic E-state index is 12.6. The number of ether oxygens (including phenoxy) is 2. The lowest BCUT2D eigenvalue weighted by Crippen LogP contribution is -2.50. The van der Waals surface area contributed by atoms with E-state index in [9.17, 15) is 9.90 Å². The van der Waals surface area contributed by atoms with Crippen molar-refractivity contribution < 1.29 is 19.4 Å². The Morgan fingerprint density at radius 3 is 2.29 bits per heavy atom. The van der Waals surface area contributed by atoms with Crippen LogP contribution in [0, 0.1) is 6.92 Å². The first-order chi connectivity index (χ1) is 18.6. The summed E-state index contributed by atoms with van der Waals surface area (Å²) >= 11 is 0. The van der Waals surface area contributed by atoms with Crippen LogP contribution in [-0.2, 0) is 6.61 Å². The molecule has 3 aromatic carbocycles. The lowest BCUT2D eigenvalue weighted by Gasteiger charge is -2.36. The van der Waals surface area contributed by atoms with Gasteiger partial charge < -0.3 is 29.7 Å². The molecule has 0 aromatic heterocycles. The van der Waals surface area contributed by atoms with Crippen molar-refractivity contribution in [2.45, 2.75) is 45.3 Å². The summed E-state index contributed by atoms with van der Waals surface area (Å²) in [5.41, 5.74) is 3.88. The molecule has 0 bridgehead atoms. The maximum Gasteiger partial charge on any atom is 0.321 e. The number of rotatable bonds is 6. The number of anilines is 2. The molecular weight excluding hydrogens is 478 g/mol. The first-order valence-corrected chi connectivity index (χ1v) is 13.4. The predicted molar refractivity (Wildman–Crippen MR) is 152 cm³/mol. The van der Waals surface area contributed by atoms with Crippen LogP contribution in [0.1, 0.15) is 36.8 Å². The molecule has 7 heteroatoms. The van der Waals surface area contributed by atoms with Gasteiger partial charge in [0.1, 0.15) is 0 Å². The van der Waals surface area contributed by atoms with Gasteiger partial charge in [0.25, 0.3) is 0 Å². The average molecular weight is 518 g/mol. The molecule has 1 saturated carbocycles. The Morgan fingerprint density at radius 1 is 0.921 bits per heavy atom. The SMILES string of the molecule is COc1ccc(N2CCN(C(=O)Nc3cccc(CO)c3)CC2)cc1OC1CCCC1.Cc1ccccc1. The van der Waals surface area contributed by atoms with Gasteiger partial charge in [0.15, 0.2) is 11.5 Å². The predicted octanol–water partition coefficient (Wildman–Crippen LogP) is 5.86. The van der Waals surface area contributed by atoms with Crippen molar-refractivity contribution >= 4 is 17.4 Å². The second-order valence-electron chi connectivity index (χ2n) is 9.78. The van der Waals surface area contributed by atoms with E-state index in [1.807, 2.05) is 47.4 Å². The summed E-state index contributed by atoms with van der Waals surface area (Å²) in [6, 6.07) is 23.5. The number of aliphatic hydroxyl groups is 1. The largest absolute Gasteiger partial charge is 0.493 e. The number of amides is 2. The lowest BCUT2D eigenvalue weighted by atomic mass is 10.2. The van der Waals surface area contributed by atoms with Crippen LogP contribution in [0.3, 0.4) is 0 Å². The standard InChI is InChI=1S/C24H31N3O4.C7H8/c1-30-22-10-9-20(16-23(22)31-21-7-2-3-8-21)26-11-13-27(14-12-26)24(29)25-19-6-4-5-18(15-19)17-28;1-7-5-3-2-4-6-7/h4-6,9-10,15-16,21,28H,2-3,7-8,11-14,17H2,1H3,(H,25,29);2-6H,1H3. The first-order valence-electron chi connectivity index (χ1n) is 13.4. The summed E-state index contributed by atoms with van der Waals surface area (Å²) in [5.74, 6) is 1.56. The van der Waals surface area contributed by atoms with Gasteiger partial charge in [-0.3, -0.25) is 0 Å². The van der Waals surface area contributed by atoms with Crippen molar-refractivity contribution in [1.29, 1.82) is 0 Å². The van der Waals surface area contributed by atoms with E-state index in [0.717, 1.165) is 48.7 Å². The molecule has 0 unspecified atom stereocenters. The number of urea groups is 1. The Hall–Kier alpha value is -3.71. The van der Waals surface area contributed by atoms with Crippen molar-refractivity contribution in [2.75, 3.05) is 43.5 Å². The normalized spacial score (nSPS) is 15.4. The summed E-state index contributed by atoms with van der Waals surface area (Å²) in [6.07, 6.45) is 4.92. The van der Waals surface area contributed by atoms with Crippen LogP contribution in [-0.4, -0.2) is 55.4 Å². The molecule has 0 spiro atoms. The van der Waals surface area contributed by atoms with Crippen molar-refractivity contribution in [1.82, 2.24) is 4.90 Å². The third kappa shape index (κ3) is 7.65. The van der Waals surface area contributed by atoms with Crippen molar-refractivity contribution in [3.05, 3.63) is 83.9 Å². The van der Waals surface area contributed by atoms with Crippen LogP contribution >= 0.6 is 0 Å². The molecule has 202 valence electrons. The lowest BCUT2D eigenvalue weighted by molar-refractivity contribution is 0.200. The fourth-order valence-electron chi connectivity index (χ4n) is 4.79. The second-order valence-corrected chi connectivity index (χ2v) is 9.78. The number of nitrogens with zero attached hydrogens (tertiary/aromatic N) is 2. The highest BCUT2D eigenvalue weighted by Gasteiger charge is 2.23. The number of nitrogens with one attached hydrogen (secondary N) is 1. The van der Waals surface area contributed by atoms with E-state index in [2.05, 4.69) is 41.4 Å². The van der Waals surface area contributed by atoms with Crippen LogP contribution < -0.4 is 19.7 Å². The number of aryl methyl sites for hydroxylation is 1. The minimum absolute atomic E-state index is 0.0449. The molecular formula is C31H39N3O4. The van der Waals surface area contributed by atoms with Crippen molar-refractivity contribution in [3.8, 4) is 11.5 Å². The Labute approximate surface area is 226 Å². The fourth-order valence-corrected chi connectivity index (χ4v) is 4.79. The summed E-state index contributed by atoms with van der Waals surface area (Å²) in [7, 11) is 1.67. The molecule has 0 atom stereocenters. The Bertz CT molecular complexity index is 1160. The highest BCUT2D eigenvalue weighted by Crippen LogP contribution is 2.35. The molecule has 2 amide bonds. The molecule has 38 heavy (non-hydrogen) atoms. The third-order valence-electron chi connectivity index (χ3n) is 6.98. The summed E-state index contributed by atoms with van der Waals surface area (Å²) in [4.78, 5) is 16.7. The van der Waals surface area contributed by atoms with Crippen LogP contribution in [0.5, 0.6) is 11.5 Å². The van der Waals surface area contributed by atoms with Gasteiger partial charge in [-0.1, -0.05) is 48.0 Å². The molecule has 2 fully saturated rings. The second kappa shape index (κ2) is 13.7. The number of aliphatic hydroxyl groups excluding tert-OH is 1. The van der Waals surface area contributed by atoms with Crippen LogP contribution in [0.15, 0.2) is 72.8 Å². The zero-order valence-corrected chi connectivity index (χ0v) is 22.4. The zero-order chi connectivity index (χ0) is 26.7. The van der Waals surface area contributed by atoms with E-state index in [4.69, 9.17) is 9.47 Å². The van der Waals surface area contributed by atoms with Crippen molar-refractivity contribution in [3.63, 3.8) is 0 Å². The summed E-state index contributed by atoms with van der Waals surface area (Å²) in [5, 5.41) is 12.2. The fraction of sp³-hybridized carbons (Fsp3) is 0.387. The molecule has 5 rings (SSSR count). The van der Waals surface area contributed by atoms with Gasteiger partial charge in [0, 0.05) is 43.6 Å². The van der Waals surface area contributed by atoms with Gasteiger partial charge >= 0.3 is 6.03 Å².